The molecule has 1 aromatic carbocycles. The summed E-state index contributed by atoms with van der Waals surface area (Å²) in [6.45, 7) is 4.16. The van der Waals surface area contributed by atoms with Gasteiger partial charge in [0.1, 0.15) is 5.82 Å². The molecule has 1 unspecified atom stereocenters. The molecule has 4 nitrogen and oxygen atoms in total. The van der Waals surface area contributed by atoms with Crippen LogP contribution >= 0.6 is 0 Å². The maximum absolute atomic E-state index is 13.8. The second kappa shape index (κ2) is 9.36. The molecule has 1 aromatic rings. The van der Waals surface area contributed by atoms with Crippen molar-refractivity contribution in [1.82, 2.24) is 9.80 Å². The van der Waals surface area contributed by atoms with Crippen LogP contribution in [0, 0.1) is 11.7 Å². The molecule has 28 heavy (non-hydrogen) atoms. The van der Waals surface area contributed by atoms with Crippen LogP contribution < -0.4 is 0 Å². The Kier molecular flexibility index (Phi) is 7.10. The van der Waals surface area contributed by atoms with E-state index in [0.717, 1.165) is 38.0 Å². The fraction of sp³-hybridized carbons (Fsp3) is 0.696. The first kappa shape index (κ1) is 21.3. The number of rotatable bonds is 6. The molecule has 0 bridgehead atoms. The Bertz CT molecular complexity index is 652. The molecule has 3 rings (SSSR count). The van der Waals surface area contributed by atoms with Gasteiger partial charge in [-0.25, -0.2) is 4.39 Å². The molecule has 1 aliphatic carbocycles. The number of carbonyl (C=O) groups excluding carboxylic acids is 1. The first-order valence-electron chi connectivity index (χ1n) is 10.9. The highest BCUT2D eigenvalue weighted by atomic mass is 19.1. The summed E-state index contributed by atoms with van der Waals surface area (Å²) in [5, 5.41) is 11.2. The summed E-state index contributed by atoms with van der Waals surface area (Å²) < 4.78 is 13.8. The lowest BCUT2D eigenvalue weighted by Crippen LogP contribution is -2.54. The van der Waals surface area contributed by atoms with E-state index in [1.165, 1.54) is 25.3 Å². The van der Waals surface area contributed by atoms with E-state index in [4.69, 9.17) is 0 Å². The van der Waals surface area contributed by atoms with Crippen LogP contribution in [0.25, 0.3) is 0 Å². The Morgan fingerprint density at radius 3 is 2.54 bits per heavy atom. The van der Waals surface area contributed by atoms with E-state index in [9.17, 15) is 14.3 Å². The van der Waals surface area contributed by atoms with Gasteiger partial charge in [-0.05, 0) is 43.7 Å². The van der Waals surface area contributed by atoms with Gasteiger partial charge >= 0.3 is 0 Å². The van der Waals surface area contributed by atoms with Gasteiger partial charge in [-0.2, -0.15) is 0 Å². The SMILES string of the molecule is CC(C(=O)N(C)C1CCCCC1)C1(O)CCN(CCc2ccccc2F)CC1. The monoisotopic (exact) mass is 390 g/mol. The van der Waals surface area contributed by atoms with Crippen LogP contribution in [0.2, 0.25) is 0 Å². The van der Waals surface area contributed by atoms with Gasteiger partial charge in [-0.15, -0.1) is 0 Å². The highest BCUT2D eigenvalue weighted by molar-refractivity contribution is 5.79. The average Bonchev–Trinajstić information content (AvgIpc) is 2.73. The minimum absolute atomic E-state index is 0.0780. The Labute approximate surface area is 168 Å². The Balaban J connectivity index is 1.50. The maximum Gasteiger partial charge on any atom is 0.228 e. The lowest BCUT2D eigenvalue weighted by Gasteiger charge is -2.43. The van der Waals surface area contributed by atoms with Gasteiger partial charge in [-0.1, -0.05) is 44.4 Å². The summed E-state index contributed by atoms with van der Waals surface area (Å²) >= 11 is 0. The van der Waals surface area contributed by atoms with Crippen molar-refractivity contribution in [3.05, 3.63) is 35.6 Å². The highest BCUT2D eigenvalue weighted by Gasteiger charge is 2.42. The summed E-state index contributed by atoms with van der Waals surface area (Å²) in [6.07, 6.45) is 7.67. The molecular formula is C23H35FN2O2. The lowest BCUT2D eigenvalue weighted by atomic mass is 9.79. The molecular weight excluding hydrogens is 355 g/mol. The molecule has 0 spiro atoms. The molecule has 1 saturated heterocycles. The molecule has 1 atom stereocenters. The predicted molar refractivity (Wildman–Crippen MR) is 110 cm³/mol. The van der Waals surface area contributed by atoms with Crippen LogP contribution in [0.5, 0.6) is 0 Å². The molecule has 2 fully saturated rings. The molecule has 1 N–H and O–H groups in total. The standard InChI is InChI=1S/C23H35FN2O2/c1-18(22(27)25(2)20-9-4-3-5-10-20)23(28)13-16-26(17-14-23)15-12-19-8-6-7-11-21(19)24/h6-8,11,18,20,28H,3-5,9-10,12-17H2,1-2H3. The second-order valence-electron chi connectivity index (χ2n) is 8.75. The van der Waals surface area contributed by atoms with Gasteiger partial charge < -0.3 is 14.9 Å². The summed E-state index contributed by atoms with van der Waals surface area (Å²) in [7, 11) is 1.90. The number of benzene rings is 1. The third kappa shape index (κ3) is 4.93. The van der Waals surface area contributed by atoms with Crippen molar-refractivity contribution in [3.8, 4) is 0 Å². The van der Waals surface area contributed by atoms with E-state index in [1.54, 1.807) is 6.07 Å². The van der Waals surface area contributed by atoms with Gasteiger partial charge in [0, 0.05) is 32.7 Å². The van der Waals surface area contributed by atoms with Crippen molar-refractivity contribution in [3.63, 3.8) is 0 Å². The van der Waals surface area contributed by atoms with Crippen LogP contribution in [0.4, 0.5) is 4.39 Å². The van der Waals surface area contributed by atoms with Crippen LogP contribution in [-0.4, -0.2) is 59.1 Å². The van der Waals surface area contributed by atoms with Crippen molar-refractivity contribution >= 4 is 5.91 Å². The second-order valence-corrected chi connectivity index (χ2v) is 8.75. The number of nitrogens with zero attached hydrogens (tertiary/aromatic N) is 2. The predicted octanol–water partition coefficient (Wildman–Crippen LogP) is 3.62. The summed E-state index contributed by atoms with van der Waals surface area (Å²) in [4.78, 5) is 17.1. The number of hydrogen-bond acceptors (Lipinski definition) is 3. The third-order valence-corrected chi connectivity index (χ3v) is 7.02. The van der Waals surface area contributed by atoms with Crippen LogP contribution in [0.3, 0.4) is 0 Å². The molecule has 1 heterocycles. The minimum atomic E-state index is -0.936. The van der Waals surface area contributed by atoms with E-state index in [0.29, 0.717) is 25.3 Å². The van der Waals surface area contributed by atoms with Crippen molar-refractivity contribution in [2.75, 3.05) is 26.7 Å². The molecule has 156 valence electrons. The van der Waals surface area contributed by atoms with E-state index in [2.05, 4.69) is 4.90 Å². The van der Waals surface area contributed by atoms with E-state index >= 15 is 0 Å². The van der Waals surface area contributed by atoms with Crippen molar-refractivity contribution in [2.24, 2.45) is 5.92 Å². The molecule has 0 radical (unpaired) electrons. The molecule has 0 aromatic heterocycles. The topological polar surface area (TPSA) is 43.8 Å². The maximum atomic E-state index is 13.8. The molecule has 1 saturated carbocycles. The lowest BCUT2D eigenvalue weighted by molar-refractivity contribution is -0.149. The van der Waals surface area contributed by atoms with E-state index in [1.807, 2.05) is 31.0 Å². The number of halogens is 1. The molecule has 1 aliphatic heterocycles. The normalized spacial score (nSPS) is 22.0. The highest BCUT2D eigenvalue weighted by Crippen LogP contribution is 2.32. The zero-order valence-corrected chi connectivity index (χ0v) is 17.4. The number of likely N-dealkylation sites (tertiary alicyclic amines) is 1. The van der Waals surface area contributed by atoms with Crippen LogP contribution in [-0.2, 0) is 11.2 Å². The van der Waals surface area contributed by atoms with Crippen LogP contribution in [0.15, 0.2) is 24.3 Å². The fourth-order valence-electron chi connectivity index (χ4n) is 4.76. The van der Waals surface area contributed by atoms with Gasteiger partial charge in [0.25, 0.3) is 0 Å². The number of amides is 1. The van der Waals surface area contributed by atoms with Crippen molar-refractivity contribution in [1.29, 1.82) is 0 Å². The fourth-order valence-corrected chi connectivity index (χ4v) is 4.76. The number of hydrogen-bond donors (Lipinski definition) is 1. The van der Waals surface area contributed by atoms with Crippen molar-refractivity contribution in [2.45, 2.75) is 69.9 Å². The van der Waals surface area contributed by atoms with Gasteiger partial charge in [0.05, 0.1) is 11.5 Å². The molecule has 2 aliphatic rings. The van der Waals surface area contributed by atoms with E-state index < -0.39 is 5.60 Å². The quantitative estimate of drug-likeness (QED) is 0.807. The average molecular weight is 391 g/mol. The number of aliphatic hydroxyl groups is 1. The van der Waals surface area contributed by atoms with Gasteiger partial charge in [0.2, 0.25) is 5.91 Å². The summed E-state index contributed by atoms with van der Waals surface area (Å²) in [5.74, 6) is -0.455. The summed E-state index contributed by atoms with van der Waals surface area (Å²) in [5.41, 5.74) is -0.199. The molecule has 1 amide bonds. The summed E-state index contributed by atoms with van der Waals surface area (Å²) in [6, 6.07) is 7.23. The third-order valence-electron chi connectivity index (χ3n) is 7.02. The first-order valence-corrected chi connectivity index (χ1v) is 10.9. The Hall–Kier alpha value is -1.46. The minimum Gasteiger partial charge on any atom is -0.389 e. The van der Waals surface area contributed by atoms with Crippen LogP contribution in [0.1, 0.15) is 57.4 Å². The largest absolute Gasteiger partial charge is 0.389 e. The number of piperidine rings is 1. The molecule has 5 heteroatoms. The zero-order chi connectivity index (χ0) is 20.1. The Morgan fingerprint density at radius 1 is 1.25 bits per heavy atom. The first-order chi connectivity index (χ1) is 13.4. The number of carbonyl (C=O) groups is 1. The Morgan fingerprint density at radius 2 is 1.89 bits per heavy atom. The van der Waals surface area contributed by atoms with E-state index in [-0.39, 0.29) is 17.6 Å². The zero-order valence-electron chi connectivity index (χ0n) is 17.4. The van der Waals surface area contributed by atoms with Gasteiger partial charge in [0.15, 0.2) is 0 Å². The van der Waals surface area contributed by atoms with Gasteiger partial charge in [-0.3, -0.25) is 4.79 Å². The van der Waals surface area contributed by atoms with Crippen molar-refractivity contribution < 1.29 is 14.3 Å². The smallest absolute Gasteiger partial charge is 0.228 e.